The van der Waals surface area contributed by atoms with Crippen LogP contribution in [0.4, 0.5) is 0 Å². The first-order chi connectivity index (χ1) is 9.74. The summed E-state index contributed by atoms with van der Waals surface area (Å²) in [4.78, 5) is 32.0. The lowest BCUT2D eigenvalue weighted by Crippen LogP contribution is -2.65. The van der Waals surface area contributed by atoms with Crippen molar-refractivity contribution >= 4 is 23.2 Å². The molecule has 2 rings (SSSR count). The molecule has 2 unspecified atom stereocenters. The highest BCUT2D eigenvalue weighted by atomic mass is 32.1. The van der Waals surface area contributed by atoms with E-state index < -0.39 is 12.1 Å². The van der Waals surface area contributed by atoms with Gasteiger partial charge in [0.15, 0.2) is 0 Å². The molecule has 21 heavy (non-hydrogen) atoms. The van der Waals surface area contributed by atoms with Gasteiger partial charge in [0.2, 0.25) is 11.8 Å². The topological polar surface area (TPSA) is 62.3 Å². The molecule has 2 heterocycles. The Labute approximate surface area is 129 Å². The van der Waals surface area contributed by atoms with Gasteiger partial charge in [-0.1, -0.05) is 27.7 Å². The van der Waals surface area contributed by atoms with Gasteiger partial charge in [-0.2, -0.15) is 0 Å². The molecule has 5 nitrogen and oxygen atoms in total. The zero-order chi connectivity index (χ0) is 15.8. The quantitative estimate of drug-likeness (QED) is 0.928. The van der Waals surface area contributed by atoms with Gasteiger partial charge in [-0.15, -0.1) is 11.3 Å². The Bertz CT molecular complexity index is 547. The standard InChI is InChI=1S/C15H23N3O2S/c1-6-10-7-16-11(21-10)8-18-9(2)13(19)17-12(14(18)20)15(3,4)5/h7,9,12H,6,8H2,1-5H3,(H,17,19). The molecule has 1 aromatic heterocycles. The number of hydrogen-bond acceptors (Lipinski definition) is 4. The molecule has 0 bridgehead atoms. The van der Waals surface area contributed by atoms with Crippen molar-refractivity contribution < 1.29 is 9.59 Å². The molecule has 0 spiro atoms. The highest BCUT2D eigenvalue weighted by molar-refractivity contribution is 7.11. The van der Waals surface area contributed by atoms with Crippen molar-refractivity contribution in [3.8, 4) is 0 Å². The second-order valence-electron chi connectivity index (χ2n) is 6.52. The molecule has 1 aliphatic rings. The molecule has 0 saturated carbocycles. The van der Waals surface area contributed by atoms with E-state index in [-0.39, 0.29) is 17.2 Å². The lowest BCUT2D eigenvalue weighted by atomic mass is 9.84. The Morgan fingerprint density at radius 1 is 1.38 bits per heavy atom. The van der Waals surface area contributed by atoms with Crippen molar-refractivity contribution in [1.29, 1.82) is 0 Å². The number of amides is 2. The molecule has 1 saturated heterocycles. The number of nitrogens with zero attached hydrogens (tertiary/aromatic N) is 2. The maximum Gasteiger partial charge on any atom is 0.246 e. The number of aryl methyl sites for hydroxylation is 1. The van der Waals surface area contributed by atoms with Crippen LogP contribution in [0.5, 0.6) is 0 Å². The number of nitrogens with one attached hydrogen (secondary N) is 1. The van der Waals surface area contributed by atoms with Gasteiger partial charge in [-0.25, -0.2) is 4.98 Å². The van der Waals surface area contributed by atoms with Crippen LogP contribution >= 0.6 is 11.3 Å². The Morgan fingerprint density at radius 2 is 2.05 bits per heavy atom. The van der Waals surface area contributed by atoms with Crippen LogP contribution < -0.4 is 5.32 Å². The van der Waals surface area contributed by atoms with Crippen molar-refractivity contribution in [2.45, 2.75) is 59.7 Å². The van der Waals surface area contributed by atoms with E-state index in [1.54, 1.807) is 23.2 Å². The maximum atomic E-state index is 12.7. The fourth-order valence-electron chi connectivity index (χ4n) is 2.35. The number of thiazole rings is 1. The highest BCUT2D eigenvalue weighted by Gasteiger charge is 2.43. The van der Waals surface area contributed by atoms with Crippen molar-refractivity contribution in [1.82, 2.24) is 15.2 Å². The van der Waals surface area contributed by atoms with E-state index in [1.807, 2.05) is 27.0 Å². The molecule has 2 atom stereocenters. The molecule has 116 valence electrons. The van der Waals surface area contributed by atoms with E-state index in [0.29, 0.717) is 6.54 Å². The third-order valence-electron chi connectivity index (χ3n) is 3.79. The van der Waals surface area contributed by atoms with Crippen LogP contribution in [0.3, 0.4) is 0 Å². The van der Waals surface area contributed by atoms with Crippen LogP contribution in [0.2, 0.25) is 0 Å². The highest BCUT2D eigenvalue weighted by Crippen LogP contribution is 2.26. The van der Waals surface area contributed by atoms with E-state index >= 15 is 0 Å². The molecule has 1 aromatic rings. The second kappa shape index (κ2) is 5.75. The second-order valence-corrected chi connectivity index (χ2v) is 7.72. The van der Waals surface area contributed by atoms with E-state index in [9.17, 15) is 9.59 Å². The van der Waals surface area contributed by atoms with Gasteiger partial charge in [0.1, 0.15) is 17.1 Å². The smallest absolute Gasteiger partial charge is 0.246 e. The summed E-state index contributed by atoms with van der Waals surface area (Å²) in [6, 6.07) is -0.933. The summed E-state index contributed by atoms with van der Waals surface area (Å²) in [5.41, 5.74) is -0.303. The number of rotatable bonds is 3. The van der Waals surface area contributed by atoms with Crippen LogP contribution in [0.25, 0.3) is 0 Å². The minimum Gasteiger partial charge on any atom is -0.342 e. The lowest BCUT2D eigenvalue weighted by Gasteiger charge is -2.41. The lowest BCUT2D eigenvalue weighted by molar-refractivity contribution is -0.152. The summed E-state index contributed by atoms with van der Waals surface area (Å²) >= 11 is 1.60. The Kier molecular flexibility index (Phi) is 4.37. The van der Waals surface area contributed by atoms with Gasteiger partial charge >= 0.3 is 0 Å². The monoisotopic (exact) mass is 309 g/mol. The van der Waals surface area contributed by atoms with Gasteiger partial charge in [0, 0.05) is 11.1 Å². The fourth-order valence-corrected chi connectivity index (χ4v) is 3.22. The summed E-state index contributed by atoms with van der Waals surface area (Å²) in [5, 5.41) is 3.72. The Balaban J connectivity index is 2.22. The minimum absolute atomic E-state index is 0.0251. The summed E-state index contributed by atoms with van der Waals surface area (Å²) in [6.45, 7) is 10.1. The zero-order valence-electron chi connectivity index (χ0n) is 13.3. The first-order valence-electron chi connectivity index (χ1n) is 7.28. The Morgan fingerprint density at radius 3 is 2.57 bits per heavy atom. The van der Waals surface area contributed by atoms with Gasteiger partial charge in [-0.3, -0.25) is 9.59 Å². The maximum absolute atomic E-state index is 12.7. The molecule has 2 amide bonds. The predicted octanol–water partition coefficient (Wildman–Crippen LogP) is 1.97. The molecular weight excluding hydrogens is 286 g/mol. The molecule has 1 fully saturated rings. The average molecular weight is 309 g/mol. The van der Waals surface area contributed by atoms with E-state index in [1.165, 1.54) is 4.88 Å². The van der Waals surface area contributed by atoms with Crippen LogP contribution in [-0.2, 0) is 22.6 Å². The van der Waals surface area contributed by atoms with E-state index in [0.717, 1.165) is 11.4 Å². The van der Waals surface area contributed by atoms with Gasteiger partial charge in [0.05, 0.1) is 6.54 Å². The van der Waals surface area contributed by atoms with Gasteiger partial charge < -0.3 is 10.2 Å². The molecular formula is C15H23N3O2S. The molecule has 0 aliphatic carbocycles. The number of aromatic nitrogens is 1. The van der Waals surface area contributed by atoms with Crippen molar-refractivity contribution in [3.63, 3.8) is 0 Å². The first-order valence-corrected chi connectivity index (χ1v) is 8.10. The number of carbonyl (C=O) groups excluding carboxylic acids is 2. The molecule has 0 aromatic carbocycles. The van der Waals surface area contributed by atoms with Crippen LogP contribution in [0.1, 0.15) is 44.5 Å². The normalized spacial score (nSPS) is 23.4. The number of carbonyl (C=O) groups is 2. The van der Waals surface area contributed by atoms with Crippen LogP contribution in [0, 0.1) is 5.41 Å². The largest absolute Gasteiger partial charge is 0.342 e. The minimum atomic E-state index is -0.480. The molecule has 0 radical (unpaired) electrons. The van der Waals surface area contributed by atoms with Crippen LogP contribution in [-0.4, -0.2) is 33.8 Å². The predicted molar refractivity (Wildman–Crippen MR) is 82.9 cm³/mol. The number of piperazine rings is 1. The van der Waals surface area contributed by atoms with Crippen molar-refractivity contribution in [2.75, 3.05) is 0 Å². The number of hydrogen-bond donors (Lipinski definition) is 1. The first kappa shape index (κ1) is 15.9. The summed E-state index contributed by atoms with van der Waals surface area (Å²) < 4.78 is 0. The van der Waals surface area contributed by atoms with Gasteiger partial charge in [0.25, 0.3) is 0 Å². The fraction of sp³-hybridized carbons (Fsp3) is 0.667. The SMILES string of the molecule is CCc1cnc(CN2C(=O)C(C(C)(C)C)NC(=O)C2C)s1. The molecule has 6 heteroatoms. The molecule has 1 N–H and O–H groups in total. The van der Waals surface area contributed by atoms with E-state index in [2.05, 4.69) is 17.2 Å². The van der Waals surface area contributed by atoms with Gasteiger partial charge in [-0.05, 0) is 18.8 Å². The van der Waals surface area contributed by atoms with E-state index in [4.69, 9.17) is 0 Å². The summed E-state index contributed by atoms with van der Waals surface area (Å²) in [6.07, 6.45) is 2.78. The third-order valence-corrected chi connectivity index (χ3v) is 4.91. The average Bonchev–Trinajstić information content (AvgIpc) is 2.85. The third kappa shape index (κ3) is 3.26. The Hall–Kier alpha value is -1.43. The zero-order valence-corrected chi connectivity index (χ0v) is 14.1. The van der Waals surface area contributed by atoms with Crippen LogP contribution in [0.15, 0.2) is 6.20 Å². The summed E-state index contributed by atoms with van der Waals surface area (Å²) in [7, 11) is 0. The summed E-state index contributed by atoms with van der Waals surface area (Å²) in [5.74, 6) is -0.121. The van der Waals surface area contributed by atoms with Crippen molar-refractivity contribution in [2.24, 2.45) is 5.41 Å². The molecule has 1 aliphatic heterocycles. The van der Waals surface area contributed by atoms with Crippen molar-refractivity contribution in [3.05, 3.63) is 16.1 Å².